The summed E-state index contributed by atoms with van der Waals surface area (Å²) in [5.74, 6) is 0.153. The highest BCUT2D eigenvalue weighted by Gasteiger charge is 2.52. The Morgan fingerprint density at radius 2 is 2.44 bits per heavy atom. The van der Waals surface area contributed by atoms with Crippen molar-refractivity contribution in [2.75, 3.05) is 6.61 Å². The molecule has 5 nitrogen and oxygen atoms in total. The van der Waals surface area contributed by atoms with Crippen LogP contribution in [0.25, 0.3) is 0 Å². The zero-order chi connectivity index (χ0) is 12.7. The van der Waals surface area contributed by atoms with Gasteiger partial charge in [-0.1, -0.05) is 11.6 Å². The summed E-state index contributed by atoms with van der Waals surface area (Å²) in [4.78, 5) is 15.9. The average molecular weight is 268 g/mol. The van der Waals surface area contributed by atoms with Crippen molar-refractivity contribution in [3.05, 3.63) is 29.0 Å². The fourth-order valence-electron chi connectivity index (χ4n) is 2.72. The number of fused-ring (bicyclic) bond motifs is 1. The second kappa shape index (κ2) is 4.50. The minimum Gasteiger partial charge on any atom is -0.376 e. The molecule has 0 radical (unpaired) electrons. The van der Waals surface area contributed by atoms with Gasteiger partial charge >= 0.3 is 0 Å². The van der Waals surface area contributed by atoms with Gasteiger partial charge in [-0.3, -0.25) is 9.78 Å². The molecule has 2 heterocycles. The first kappa shape index (κ1) is 11.9. The molecule has 1 aromatic heterocycles. The van der Waals surface area contributed by atoms with Gasteiger partial charge in [0.15, 0.2) is 0 Å². The lowest BCUT2D eigenvalue weighted by Gasteiger charge is -2.45. The van der Waals surface area contributed by atoms with Crippen molar-refractivity contribution >= 4 is 17.5 Å². The Kier molecular flexibility index (Phi) is 2.97. The highest BCUT2D eigenvalue weighted by molar-refractivity contribution is 6.33. The molecule has 4 atom stereocenters. The number of nitrogens with two attached hydrogens (primary N) is 1. The van der Waals surface area contributed by atoms with Crippen molar-refractivity contribution in [2.45, 2.75) is 24.6 Å². The Morgan fingerprint density at radius 1 is 1.61 bits per heavy atom. The number of amides is 1. The first-order valence-electron chi connectivity index (χ1n) is 5.96. The molecule has 4 unspecified atom stereocenters. The van der Waals surface area contributed by atoms with Crippen LogP contribution in [-0.2, 0) is 4.74 Å². The van der Waals surface area contributed by atoms with E-state index in [1.807, 2.05) is 0 Å². The van der Waals surface area contributed by atoms with Crippen LogP contribution in [-0.4, -0.2) is 35.7 Å². The summed E-state index contributed by atoms with van der Waals surface area (Å²) in [5, 5.41) is 3.23. The number of carbonyl (C=O) groups is 1. The summed E-state index contributed by atoms with van der Waals surface area (Å²) in [6.07, 6.45) is 4.03. The van der Waals surface area contributed by atoms with Crippen LogP contribution >= 0.6 is 11.6 Å². The predicted molar refractivity (Wildman–Crippen MR) is 66.3 cm³/mol. The van der Waals surface area contributed by atoms with E-state index in [2.05, 4.69) is 10.3 Å². The van der Waals surface area contributed by atoms with Gasteiger partial charge in [0.2, 0.25) is 0 Å². The largest absolute Gasteiger partial charge is 0.376 e. The molecule has 1 saturated heterocycles. The van der Waals surface area contributed by atoms with E-state index < -0.39 is 0 Å². The highest BCUT2D eigenvalue weighted by Crippen LogP contribution is 2.37. The first-order valence-corrected chi connectivity index (χ1v) is 6.34. The first-order chi connectivity index (χ1) is 8.68. The van der Waals surface area contributed by atoms with Crippen molar-refractivity contribution in [3.8, 4) is 0 Å². The number of hydrogen-bond acceptors (Lipinski definition) is 4. The Bertz CT molecular complexity index is 482. The Balaban J connectivity index is 1.70. The van der Waals surface area contributed by atoms with Gasteiger partial charge in [-0.15, -0.1) is 0 Å². The maximum atomic E-state index is 12.1. The fourth-order valence-corrected chi connectivity index (χ4v) is 2.92. The minimum absolute atomic E-state index is 0.0259. The van der Waals surface area contributed by atoms with Crippen LogP contribution < -0.4 is 11.1 Å². The van der Waals surface area contributed by atoms with E-state index in [-0.39, 0.29) is 24.1 Å². The van der Waals surface area contributed by atoms with Gasteiger partial charge in [0.1, 0.15) is 0 Å². The molecule has 0 spiro atoms. The van der Waals surface area contributed by atoms with E-state index >= 15 is 0 Å². The monoisotopic (exact) mass is 267 g/mol. The van der Waals surface area contributed by atoms with Gasteiger partial charge in [0, 0.05) is 31.0 Å². The highest BCUT2D eigenvalue weighted by atomic mass is 35.5. The van der Waals surface area contributed by atoms with Crippen LogP contribution in [0.1, 0.15) is 16.8 Å². The van der Waals surface area contributed by atoms with Crippen molar-refractivity contribution in [1.29, 1.82) is 0 Å². The molecule has 0 aromatic carbocycles. The van der Waals surface area contributed by atoms with Crippen molar-refractivity contribution in [2.24, 2.45) is 11.7 Å². The smallest absolute Gasteiger partial charge is 0.253 e. The number of nitrogens with one attached hydrogen (secondary N) is 1. The van der Waals surface area contributed by atoms with E-state index in [1.54, 1.807) is 6.07 Å². The lowest BCUT2D eigenvalue weighted by Crippen LogP contribution is -2.68. The number of aromatic nitrogens is 1. The summed E-state index contributed by atoms with van der Waals surface area (Å²) >= 11 is 5.93. The van der Waals surface area contributed by atoms with E-state index in [0.29, 0.717) is 16.5 Å². The quantitative estimate of drug-likeness (QED) is 0.822. The van der Waals surface area contributed by atoms with E-state index in [4.69, 9.17) is 22.1 Å². The summed E-state index contributed by atoms with van der Waals surface area (Å²) in [6, 6.07) is 1.45. The average Bonchev–Trinajstić information content (AvgIpc) is 2.81. The summed E-state index contributed by atoms with van der Waals surface area (Å²) in [5.41, 5.74) is 6.45. The number of pyridine rings is 1. The molecule has 1 saturated carbocycles. The molecule has 3 rings (SSSR count). The Hall–Kier alpha value is -1.17. The van der Waals surface area contributed by atoms with Crippen molar-refractivity contribution < 1.29 is 9.53 Å². The molecule has 1 aromatic rings. The summed E-state index contributed by atoms with van der Waals surface area (Å²) in [7, 11) is 0. The van der Waals surface area contributed by atoms with Crippen LogP contribution in [0.5, 0.6) is 0 Å². The van der Waals surface area contributed by atoms with E-state index in [1.165, 1.54) is 12.4 Å². The number of nitrogens with zero attached hydrogens (tertiary/aromatic N) is 1. The number of ether oxygens (including phenoxy) is 1. The topological polar surface area (TPSA) is 77.2 Å². The third-order valence-electron chi connectivity index (χ3n) is 3.76. The van der Waals surface area contributed by atoms with Crippen LogP contribution in [0.4, 0.5) is 0 Å². The van der Waals surface area contributed by atoms with Gasteiger partial charge < -0.3 is 15.8 Å². The minimum atomic E-state index is -0.225. The lowest BCUT2D eigenvalue weighted by atomic mass is 9.72. The lowest BCUT2D eigenvalue weighted by molar-refractivity contribution is -0.0161. The second-order valence-corrected chi connectivity index (χ2v) is 5.13. The third-order valence-corrected chi connectivity index (χ3v) is 4.06. The molecule has 18 heavy (non-hydrogen) atoms. The SMILES string of the molecule is NC1C2CCOC2C1NC(=O)c1ccncc1Cl. The van der Waals surface area contributed by atoms with Crippen LogP contribution in [0.2, 0.25) is 5.02 Å². The molecule has 0 bridgehead atoms. The maximum absolute atomic E-state index is 12.1. The molecule has 2 fully saturated rings. The number of halogens is 1. The summed E-state index contributed by atoms with van der Waals surface area (Å²) < 4.78 is 5.56. The normalized spacial score (nSPS) is 33.7. The van der Waals surface area contributed by atoms with Crippen molar-refractivity contribution in [3.63, 3.8) is 0 Å². The van der Waals surface area contributed by atoms with Gasteiger partial charge in [0.05, 0.1) is 22.7 Å². The van der Waals surface area contributed by atoms with Crippen LogP contribution in [0.3, 0.4) is 0 Å². The molecular weight excluding hydrogens is 254 g/mol. The molecule has 96 valence electrons. The zero-order valence-electron chi connectivity index (χ0n) is 9.67. The molecule has 2 aliphatic rings. The maximum Gasteiger partial charge on any atom is 0.253 e. The third kappa shape index (κ3) is 1.79. The fraction of sp³-hybridized carbons (Fsp3) is 0.500. The number of hydrogen-bond donors (Lipinski definition) is 2. The summed E-state index contributed by atoms with van der Waals surface area (Å²) in [6.45, 7) is 0.728. The predicted octanol–water partition coefficient (Wildman–Crippen LogP) is 0.579. The molecule has 3 N–H and O–H groups in total. The van der Waals surface area contributed by atoms with Gasteiger partial charge in [-0.25, -0.2) is 0 Å². The molecule has 1 amide bonds. The zero-order valence-corrected chi connectivity index (χ0v) is 10.4. The van der Waals surface area contributed by atoms with E-state index in [9.17, 15) is 4.79 Å². The molecule has 1 aliphatic heterocycles. The van der Waals surface area contributed by atoms with Gasteiger partial charge in [-0.2, -0.15) is 0 Å². The number of carbonyl (C=O) groups excluding carboxylic acids is 1. The van der Waals surface area contributed by atoms with Gasteiger partial charge in [0.25, 0.3) is 5.91 Å². The van der Waals surface area contributed by atoms with Crippen LogP contribution in [0.15, 0.2) is 18.5 Å². The molecule has 6 heteroatoms. The van der Waals surface area contributed by atoms with E-state index in [0.717, 1.165) is 13.0 Å². The molecule has 1 aliphatic carbocycles. The Morgan fingerprint density at radius 3 is 3.22 bits per heavy atom. The standard InChI is InChI=1S/C12H14ClN3O2/c13-8-5-15-3-1-6(8)12(17)16-10-9(14)7-2-4-18-11(7)10/h1,3,5,7,9-11H,2,4,14H2,(H,16,17). The Labute approximate surface area is 110 Å². The molecular formula is C12H14ClN3O2. The number of rotatable bonds is 2. The van der Waals surface area contributed by atoms with Crippen molar-refractivity contribution in [1.82, 2.24) is 10.3 Å². The van der Waals surface area contributed by atoms with Crippen LogP contribution in [0, 0.1) is 5.92 Å². The second-order valence-electron chi connectivity index (χ2n) is 4.72. The van der Waals surface area contributed by atoms with Gasteiger partial charge in [-0.05, 0) is 12.5 Å².